The number of hydrogen-bond acceptors (Lipinski definition) is 2. The molecule has 0 radical (unpaired) electrons. The lowest BCUT2D eigenvalue weighted by molar-refractivity contribution is -0.129. The fourth-order valence-corrected chi connectivity index (χ4v) is 3.56. The van der Waals surface area contributed by atoms with Gasteiger partial charge in [0.1, 0.15) is 0 Å². The Morgan fingerprint density at radius 1 is 1.19 bits per heavy atom. The maximum atomic E-state index is 12.3. The molecule has 3 heteroatoms. The van der Waals surface area contributed by atoms with Gasteiger partial charge < -0.3 is 9.80 Å². The molecule has 0 aliphatic carbocycles. The van der Waals surface area contributed by atoms with E-state index in [9.17, 15) is 4.79 Å². The third-order valence-corrected chi connectivity index (χ3v) is 4.89. The number of carbonyl (C=O) groups excluding carboxylic acids is 1. The highest BCUT2D eigenvalue weighted by Crippen LogP contribution is 2.21. The predicted molar refractivity (Wildman–Crippen MR) is 88.3 cm³/mol. The van der Waals surface area contributed by atoms with E-state index in [-0.39, 0.29) is 0 Å². The van der Waals surface area contributed by atoms with E-state index in [1.165, 1.54) is 51.7 Å². The lowest BCUT2D eigenvalue weighted by atomic mass is 10.1. The molecule has 0 spiro atoms. The highest BCUT2D eigenvalue weighted by atomic mass is 16.2. The van der Waals surface area contributed by atoms with Crippen molar-refractivity contribution in [3.8, 4) is 0 Å². The number of amides is 1. The van der Waals surface area contributed by atoms with Crippen molar-refractivity contribution in [1.29, 1.82) is 0 Å². The van der Waals surface area contributed by atoms with E-state index in [1.807, 2.05) is 0 Å². The number of unbranched alkanes of at least 4 members (excludes halogenated alkanes) is 1. The summed E-state index contributed by atoms with van der Waals surface area (Å²) in [6, 6.07) is 0. The molecular formula is C18H32N2O. The molecule has 0 aromatic carbocycles. The summed E-state index contributed by atoms with van der Waals surface area (Å²) in [5.41, 5.74) is 1.11. The maximum Gasteiger partial charge on any atom is 0.226 e. The molecule has 0 bridgehead atoms. The Kier molecular flexibility index (Phi) is 6.75. The number of likely N-dealkylation sites (tertiary alicyclic amines) is 2. The zero-order chi connectivity index (χ0) is 15.1. The molecule has 1 unspecified atom stereocenters. The Labute approximate surface area is 130 Å². The van der Waals surface area contributed by atoms with Crippen LogP contribution in [0.2, 0.25) is 0 Å². The van der Waals surface area contributed by atoms with E-state index in [4.69, 9.17) is 0 Å². The third kappa shape index (κ3) is 5.46. The van der Waals surface area contributed by atoms with Gasteiger partial charge in [0.15, 0.2) is 0 Å². The smallest absolute Gasteiger partial charge is 0.226 e. The van der Waals surface area contributed by atoms with Gasteiger partial charge in [-0.3, -0.25) is 4.79 Å². The minimum absolute atomic E-state index is 0.303. The Bertz CT molecular complexity index is 347. The van der Waals surface area contributed by atoms with Gasteiger partial charge in [-0.05, 0) is 51.1 Å². The van der Waals surface area contributed by atoms with E-state index in [0.29, 0.717) is 18.2 Å². The van der Waals surface area contributed by atoms with Crippen molar-refractivity contribution in [3.63, 3.8) is 0 Å². The fraction of sp³-hybridized carbons (Fsp3) is 0.833. The van der Waals surface area contributed by atoms with Gasteiger partial charge in [0.05, 0.1) is 0 Å². The number of rotatable bonds is 7. The van der Waals surface area contributed by atoms with Crippen molar-refractivity contribution < 1.29 is 4.79 Å². The van der Waals surface area contributed by atoms with Crippen molar-refractivity contribution in [1.82, 2.24) is 9.80 Å². The summed E-state index contributed by atoms with van der Waals surface area (Å²) in [6.07, 6.45) is 9.19. The first-order valence-corrected chi connectivity index (χ1v) is 8.85. The molecule has 0 aromatic rings. The number of hydrogen-bond donors (Lipinski definition) is 0. The van der Waals surface area contributed by atoms with Crippen LogP contribution in [0.15, 0.2) is 12.2 Å². The molecule has 0 N–H and O–H groups in total. The van der Waals surface area contributed by atoms with Crippen LogP contribution in [0.3, 0.4) is 0 Å². The molecular weight excluding hydrogens is 260 g/mol. The molecule has 0 aromatic heterocycles. The van der Waals surface area contributed by atoms with Crippen LogP contribution >= 0.6 is 0 Å². The number of nitrogens with zero attached hydrogens (tertiary/aromatic N) is 2. The first-order valence-electron chi connectivity index (χ1n) is 8.85. The van der Waals surface area contributed by atoms with Crippen LogP contribution in [0.5, 0.6) is 0 Å². The van der Waals surface area contributed by atoms with Gasteiger partial charge in [-0.25, -0.2) is 0 Å². The number of carbonyl (C=O) groups is 1. The van der Waals surface area contributed by atoms with Gasteiger partial charge in [-0.1, -0.05) is 31.9 Å². The van der Waals surface area contributed by atoms with Gasteiger partial charge in [-0.15, -0.1) is 0 Å². The summed E-state index contributed by atoms with van der Waals surface area (Å²) in [6.45, 7) is 11.9. The lowest BCUT2D eigenvalue weighted by Crippen LogP contribution is -2.36. The van der Waals surface area contributed by atoms with E-state index in [2.05, 4.69) is 23.3 Å². The second kappa shape index (κ2) is 8.57. The quantitative estimate of drug-likeness (QED) is 0.671. The van der Waals surface area contributed by atoms with Crippen LogP contribution in [-0.4, -0.2) is 48.4 Å². The second-order valence-corrected chi connectivity index (χ2v) is 6.89. The van der Waals surface area contributed by atoms with E-state index in [0.717, 1.165) is 31.5 Å². The van der Waals surface area contributed by atoms with Crippen LogP contribution in [0.4, 0.5) is 0 Å². The van der Waals surface area contributed by atoms with Crippen LogP contribution < -0.4 is 0 Å². The SMILES string of the molecule is C=C(CCCC)CC(=O)N1CCC(CN2CCCCC2)C1. The molecule has 2 aliphatic heterocycles. The summed E-state index contributed by atoms with van der Waals surface area (Å²) in [5, 5.41) is 0. The average Bonchev–Trinajstić information content (AvgIpc) is 2.95. The standard InChI is InChI=1S/C18H32N2O/c1-3-4-8-16(2)13-18(21)20-12-9-17(15-20)14-19-10-6-5-7-11-19/h17H,2-15H2,1H3. The number of piperidine rings is 1. The zero-order valence-corrected chi connectivity index (χ0v) is 13.8. The zero-order valence-electron chi connectivity index (χ0n) is 13.8. The minimum Gasteiger partial charge on any atom is -0.342 e. The molecule has 1 atom stereocenters. The molecule has 2 rings (SSSR count). The molecule has 2 saturated heterocycles. The topological polar surface area (TPSA) is 23.6 Å². The van der Waals surface area contributed by atoms with Crippen LogP contribution in [-0.2, 0) is 4.79 Å². The van der Waals surface area contributed by atoms with Crippen molar-refractivity contribution in [2.45, 2.75) is 58.3 Å². The summed E-state index contributed by atoms with van der Waals surface area (Å²) in [7, 11) is 0. The van der Waals surface area contributed by atoms with Crippen LogP contribution in [0.25, 0.3) is 0 Å². The maximum absolute atomic E-state index is 12.3. The average molecular weight is 292 g/mol. The predicted octanol–water partition coefficient (Wildman–Crippen LogP) is 3.46. The monoisotopic (exact) mass is 292 g/mol. The van der Waals surface area contributed by atoms with Gasteiger partial charge in [-0.2, -0.15) is 0 Å². The molecule has 3 nitrogen and oxygen atoms in total. The molecule has 2 heterocycles. The fourth-order valence-electron chi connectivity index (χ4n) is 3.56. The normalized spacial score (nSPS) is 23.5. The summed E-state index contributed by atoms with van der Waals surface area (Å²) in [4.78, 5) is 17.0. The lowest BCUT2D eigenvalue weighted by Gasteiger charge is -2.29. The van der Waals surface area contributed by atoms with Crippen molar-refractivity contribution in [2.75, 3.05) is 32.7 Å². The van der Waals surface area contributed by atoms with E-state index in [1.54, 1.807) is 0 Å². The summed E-state index contributed by atoms with van der Waals surface area (Å²) < 4.78 is 0. The minimum atomic E-state index is 0.303. The van der Waals surface area contributed by atoms with Crippen molar-refractivity contribution in [2.24, 2.45) is 5.92 Å². The first-order chi connectivity index (χ1) is 10.2. The van der Waals surface area contributed by atoms with Gasteiger partial charge in [0.25, 0.3) is 0 Å². The Hall–Kier alpha value is -0.830. The van der Waals surface area contributed by atoms with Gasteiger partial charge in [0.2, 0.25) is 5.91 Å². The molecule has 21 heavy (non-hydrogen) atoms. The molecule has 2 fully saturated rings. The highest BCUT2D eigenvalue weighted by Gasteiger charge is 2.27. The Morgan fingerprint density at radius 3 is 2.67 bits per heavy atom. The van der Waals surface area contributed by atoms with Crippen molar-refractivity contribution in [3.05, 3.63) is 12.2 Å². The summed E-state index contributed by atoms with van der Waals surface area (Å²) in [5.74, 6) is 0.994. The second-order valence-electron chi connectivity index (χ2n) is 6.89. The van der Waals surface area contributed by atoms with Crippen LogP contribution in [0, 0.1) is 5.92 Å². The van der Waals surface area contributed by atoms with Crippen LogP contribution in [0.1, 0.15) is 58.3 Å². The van der Waals surface area contributed by atoms with E-state index >= 15 is 0 Å². The van der Waals surface area contributed by atoms with Crippen molar-refractivity contribution >= 4 is 5.91 Å². The Balaban J connectivity index is 1.68. The summed E-state index contributed by atoms with van der Waals surface area (Å²) >= 11 is 0. The Morgan fingerprint density at radius 2 is 1.95 bits per heavy atom. The van der Waals surface area contributed by atoms with Gasteiger partial charge >= 0.3 is 0 Å². The van der Waals surface area contributed by atoms with Gasteiger partial charge in [0, 0.05) is 26.1 Å². The molecule has 2 aliphatic rings. The largest absolute Gasteiger partial charge is 0.342 e. The third-order valence-electron chi connectivity index (χ3n) is 4.89. The van der Waals surface area contributed by atoms with E-state index < -0.39 is 0 Å². The molecule has 120 valence electrons. The first kappa shape index (κ1) is 16.5. The highest BCUT2D eigenvalue weighted by molar-refractivity contribution is 5.78. The molecule has 1 amide bonds. The molecule has 0 saturated carbocycles.